The van der Waals surface area contributed by atoms with Crippen LogP contribution in [0, 0.1) is 0 Å². The molecule has 0 N–H and O–H groups in total. The Balaban J connectivity index is 0.000000595. The van der Waals surface area contributed by atoms with Crippen molar-refractivity contribution in [3.05, 3.63) is 81.2 Å². The molecule has 0 bridgehead atoms. The lowest BCUT2D eigenvalue weighted by molar-refractivity contribution is -0.191. The summed E-state index contributed by atoms with van der Waals surface area (Å²) < 4.78 is 2.77. The average molecular weight is 372 g/mol. The van der Waals surface area contributed by atoms with Crippen LogP contribution in [0.3, 0.4) is 0 Å². The molecule has 0 saturated carbocycles. The molecule has 1 unspecified atom stereocenters. The third-order valence-electron chi connectivity index (χ3n) is 3.59. The van der Waals surface area contributed by atoms with Gasteiger partial charge in [-0.15, -0.1) is 0 Å². The molecule has 0 aliphatic heterocycles. The molecule has 0 radical (unpaired) electrons. The molecule has 116 valence electrons. The van der Waals surface area contributed by atoms with Crippen LogP contribution in [0.4, 0.5) is 0 Å². The molecular formula is C18H14BrNO3. The predicted octanol–water partition coefficient (Wildman–Crippen LogP) is 3.79. The van der Waals surface area contributed by atoms with E-state index < -0.39 is 0 Å². The van der Waals surface area contributed by atoms with Gasteiger partial charge in [-0.3, -0.25) is 4.79 Å². The second-order valence-electron chi connectivity index (χ2n) is 4.93. The summed E-state index contributed by atoms with van der Waals surface area (Å²) >= 11 is 3.43. The molecule has 0 fully saturated rings. The van der Waals surface area contributed by atoms with Crippen LogP contribution in [0.5, 0.6) is 0 Å². The van der Waals surface area contributed by atoms with Crippen LogP contribution in [0.2, 0.25) is 0 Å². The number of hydrogen-bond donors (Lipinski definition) is 0. The maximum absolute atomic E-state index is 12.6. The highest BCUT2D eigenvalue weighted by Gasteiger charge is 2.10. The van der Waals surface area contributed by atoms with Crippen molar-refractivity contribution in [3.63, 3.8) is 0 Å². The van der Waals surface area contributed by atoms with Gasteiger partial charge in [0.2, 0.25) is 0 Å². The molecule has 1 aromatic heterocycles. The molecule has 0 amide bonds. The molecule has 4 nitrogen and oxygen atoms in total. The van der Waals surface area contributed by atoms with E-state index in [9.17, 15) is 4.79 Å². The lowest BCUT2D eigenvalue weighted by atomic mass is 10.1. The number of halogens is 1. The van der Waals surface area contributed by atoms with Gasteiger partial charge in [-0.05, 0) is 42.1 Å². The quantitative estimate of drug-likeness (QED) is 0.688. The first-order valence-corrected chi connectivity index (χ1v) is 7.72. The Morgan fingerprint density at radius 1 is 1.04 bits per heavy atom. The highest BCUT2D eigenvalue weighted by molar-refractivity contribution is 9.10. The SMILES string of the molecule is CC(c1ccccc1)n1ccc2cc(Br)ccc2c1=O.O=C=O. The Labute approximate surface area is 141 Å². The summed E-state index contributed by atoms with van der Waals surface area (Å²) in [6.07, 6.45) is 2.12. The molecule has 0 saturated heterocycles. The minimum Gasteiger partial charge on any atom is -0.308 e. The first-order chi connectivity index (χ1) is 11.1. The molecule has 5 heteroatoms. The number of benzene rings is 2. The zero-order valence-electron chi connectivity index (χ0n) is 12.4. The van der Waals surface area contributed by atoms with E-state index in [4.69, 9.17) is 9.59 Å². The van der Waals surface area contributed by atoms with E-state index in [1.165, 1.54) is 0 Å². The number of rotatable bonds is 2. The van der Waals surface area contributed by atoms with Gasteiger partial charge in [-0.25, -0.2) is 0 Å². The maximum Gasteiger partial charge on any atom is 0.373 e. The van der Waals surface area contributed by atoms with Gasteiger partial charge in [-0.1, -0.05) is 46.3 Å². The highest BCUT2D eigenvalue weighted by atomic mass is 79.9. The molecule has 0 aliphatic rings. The van der Waals surface area contributed by atoms with Gasteiger partial charge in [0.05, 0.1) is 6.04 Å². The van der Waals surface area contributed by atoms with Crippen molar-refractivity contribution in [3.8, 4) is 0 Å². The van der Waals surface area contributed by atoms with Crippen LogP contribution in [0.15, 0.2) is 70.1 Å². The number of carbonyl (C=O) groups excluding carboxylic acids is 2. The van der Waals surface area contributed by atoms with Gasteiger partial charge < -0.3 is 4.57 Å². The Morgan fingerprint density at radius 3 is 2.35 bits per heavy atom. The van der Waals surface area contributed by atoms with Crippen LogP contribution in [-0.2, 0) is 9.59 Å². The molecule has 2 aromatic carbocycles. The fraction of sp³-hybridized carbons (Fsp3) is 0.111. The van der Waals surface area contributed by atoms with Crippen molar-refractivity contribution in [1.29, 1.82) is 0 Å². The van der Waals surface area contributed by atoms with Crippen molar-refractivity contribution >= 4 is 32.9 Å². The summed E-state index contributed by atoms with van der Waals surface area (Å²) in [6.45, 7) is 2.04. The van der Waals surface area contributed by atoms with Gasteiger partial charge in [0.25, 0.3) is 5.56 Å². The smallest absolute Gasteiger partial charge is 0.308 e. The molecule has 1 atom stereocenters. The molecule has 1 heterocycles. The van der Waals surface area contributed by atoms with E-state index in [0.29, 0.717) is 0 Å². The zero-order chi connectivity index (χ0) is 16.8. The first kappa shape index (κ1) is 16.9. The van der Waals surface area contributed by atoms with E-state index in [1.54, 1.807) is 4.57 Å². The van der Waals surface area contributed by atoms with Crippen molar-refractivity contribution in [2.75, 3.05) is 0 Å². The third kappa shape index (κ3) is 3.83. The van der Waals surface area contributed by atoms with Gasteiger partial charge in [-0.2, -0.15) is 9.59 Å². The fourth-order valence-corrected chi connectivity index (χ4v) is 2.81. The molecular weight excluding hydrogens is 358 g/mol. The summed E-state index contributed by atoms with van der Waals surface area (Å²) in [5.41, 5.74) is 1.18. The minimum absolute atomic E-state index is 0.0248. The number of hydrogen-bond acceptors (Lipinski definition) is 3. The number of fused-ring (bicyclic) bond motifs is 1. The topological polar surface area (TPSA) is 56.1 Å². The predicted molar refractivity (Wildman–Crippen MR) is 91.2 cm³/mol. The number of aromatic nitrogens is 1. The van der Waals surface area contributed by atoms with E-state index >= 15 is 0 Å². The molecule has 0 spiro atoms. The average Bonchev–Trinajstić information content (AvgIpc) is 2.56. The standard InChI is InChI=1S/C17H14BrNO.CO2/c1-12(13-5-3-2-4-6-13)19-10-9-14-11-15(18)7-8-16(14)17(19)20;2-1-3/h2-12H,1H3;. The lowest BCUT2D eigenvalue weighted by Gasteiger charge is -2.16. The Bertz CT molecular complexity index is 897. The van der Waals surface area contributed by atoms with E-state index in [1.807, 2.05) is 67.7 Å². The zero-order valence-corrected chi connectivity index (χ0v) is 14.0. The first-order valence-electron chi connectivity index (χ1n) is 6.93. The summed E-state index contributed by atoms with van der Waals surface area (Å²) in [5, 5.41) is 1.71. The Hall–Kier alpha value is -2.49. The minimum atomic E-state index is 0.0248. The largest absolute Gasteiger partial charge is 0.373 e. The van der Waals surface area contributed by atoms with Crippen LogP contribution >= 0.6 is 15.9 Å². The van der Waals surface area contributed by atoms with Crippen molar-refractivity contribution in [2.24, 2.45) is 0 Å². The van der Waals surface area contributed by atoms with Gasteiger partial charge >= 0.3 is 6.15 Å². The highest BCUT2D eigenvalue weighted by Crippen LogP contribution is 2.20. The van der Waals surface area contributed by atoms with Crippen LogP contribution in [0.1, 0.15) is 18.5 Å². The molecule has 3 aromatic rings. The summed E-state index contributed by atoms with van der Waals surface area (Å²) in [6, 6.07) is 17.8. The fourth-order valence-electron chi connectivity index (χ4n) is 2.43. The van der Waals surface area contributed by atoms with Crippen molar-refractivity contribution in [2.45, 2.75) is 13.0 Å². The van der Waals surface area contributed by atoms with Gasteiger partial charge in [0, 0.05) is 16.1 Å². The van der Waals surface area contributed by atoms with Crippen LogP contribution in [-0.4, -0.2) is 10.7 Å². The summed E-state index contributed by atoms with van der Waals surface area (Å²) in [5.74, 6) is 0. The van der Waals surface area contributed by atoms with Crippen LogP contribution < -0.4 is 5.56 Å². The normalized spacial score (nSPS) is 11.2. The second kappa shape index (κ2) is 7.68. The molecule has 3 rings (SSSR count). The van der Waals surface area contributed by atoms with Crippen LogP contribution in [0.25, 0.3) is 10.8 Å². The van der Waals surface area contributed by atoms with E-state index in [0.717, 1.165) is 20.8 Å². The number of pyridine rings is 1. The van der Waals surface area contributed by atoms with Gasteiger partial charge in [0.1, 0.15) is 0 Å². The lowest BCUT2D eigenvalue weighted by Crippen LogP contribution is -2.23. The Kier molecular flexibility index (Phi) is 5.63. The Morgan fingerprint density at radius 2 is 1.70 bits per heavy atom. The van der Waals surface area contributed by atoms with Crippen molar-refractivity contribution in [1.82, 2.24) is 4.57 Å². The van der Waals surface area contributed by atoms with E-state index in [-0.39, 0.29) is 17.8 Å². The maximum atomic E-state index is 12.6. The summed E-state index contributed by atoms with van der Waals surface area (Å²) in [4.78, 5) is 28.9. The number of nitrogens with zero attached hydrogens (tertiary/aromatic N) is 1. The second-order valence-corrected chi connectivity index (χ2v) is 5.85. The summed E-state index contributed by atoms with van der Waals surface area (Å²) in [7, 11) is 0. The molecule has 23 heavy (non-hydrogen) atoms. The monoisotopic (exact) mass is 371 g/mol. The van der Waals surface area contributed by atoms with E-state index in [2.05, 4.69) is 15.9 Å². The third-order valence-corrected chi connectivity index (χ3v) is 4.09. The molecule has 0 aliphatic carbocycles. The van der Waals surface area contributed by atoms with Gasteiger partial charge in [0.15, 0.2) is 0 Å². The van der Waals surface area contributed by atoms with Crippen molar-refractivity contribution < 1.29 is 9.59 Å².